The average Bonchev–Trinajstić information content (AvgIpc) is 2.57. The van der Waals surface area contributed by atoms with E-state index < -0.39 is 5.54 Å². The normalized spacial score (nSPS) is 33.8. The third-order valence-corrected chi connectivity index (χ3v) is 4.32. The first-order valence-corrected chi connectivity index (χ1v) is 9.02. The molecule has 0 saturated carbocycles. The minimum absolute atomic E-state index is 0. The minimum Gasteiger partial charge on any atom is -0.662 e. The van der Waals surface area contributed by atoms with Crippen LogP contribution in [-0.4, -0.2) is 96.2 Å². The number of hydrogen-bond donors (Lipinski definition) is 2. The van der Waals surface area contributed by atoms with Crippen LogP contribution in [0.2, 0.25) is 0 Å². The second kappa shape index (κ2) is 12.6. The van der Waals surface area contributed by atoms with Crippen molar-refractivity contribution in [2.45, 2.75) is 18.0 Å². The van der Waals surface area contributed by atoms with Crippen LogP contribution in [0.5, 0.6) is 0 Å². The van der Waals surface area contributed by atoms with Gasteiger partial charge in [-0.2, -0.15) is 39.3 Å². The van der Waals surface area contributed by atoms with Gasteiger partial charge in [0.05, 0.1) is 0 Å². The van der Waals surface area contributed by atoms with Crippen LogP contribution >= 0.6 is 0 Å². The van der Waals surface area contributed by atoms with Crippen molar-refractivity contribution < 1.29 is 17.1 Å². The summed E-state index contributed by atoms with van der Waals surface area (Å²) >= 11 is 0. The molecule has 0 aromatic rings. The van der Waals surface area contributed by atoms with Crippen molar-refractivity contribution in [1.29, 1.82) is 0 Å². The number of rotatable bonds is 2. The molecule has 3 aliphatic heterocycles. The van der Waals surface area contributed by atoms with Crippen molar-refractivity contribution in [2.75, 3.05) is 85.1 Å². The maximum Gasteiger partial charge on any atom is 0 e. The Morgan fingerprint density at radius 2 is 1.00 bits per heavy atom. The van der Waals surface area contributed by atoms with E-state index in [1.54, 1.807) is 0 Å². The van der Waals surface area contributed by atoms with E-state index in [4.69, 9.17) is 21.7 Å². The Morgan fingerprint density at radius 3 is 1.32 bits per heavy atom. The fourth-order valence-electron chi connectivity index (χ4n) is 3.05. The zero-order chi connectivity index (χ0) is 17.1. The number of nitrogens with zero attached hydrogens (tertiary/aromatic N) is 6. The summed E-state index contributed by atoms with van der Waals surface area (Å²) < 4.78 is 0. The van der Waals surface area contributed by atoms with E-state index >= 15 is 0 Å². The molecule has 3 aliphatic rings. The molecule has 3 saturated heterocycles. The predicted molar refractivity (Wildman–Crippen MR) is 102 cm³/mol. The number of hydrogen-bond acceptors (Lipinski definition) is 2. The number of fused-ring (bicyclic) bond motifs is 15. The molecule has 153 valence electrons. The SMILES string of the molecule is CCNC12C[N-]CC[N-]CC(N)(C[N-]CC[N-]C1)C[N-]CC[N-]C2.[64Cu]. The Labute approximate surface area is 163 Å². The maximum atomic E-state index is 6.48. The molecule has 1 radical (unpaired) electrons. The third kappa shape index (κ3) is 8.62. The molecule has 9 heteroatoms. The van der Waals surface area contributed by atoms with Gasteiger partial charge in [0.25, 0.3) is 0 Å². The quantitative estimate of drug-likeness (QED) is 0.679. The van der Waals surface area contributed by atoms with E-state index in [1.807, 2.05) is 0 Å². The molecule has 3 N–H and O–H groups in total. The summed E-state index contributed by atoms with van der Waals surface area (Å²) in [5.41, 5.74) is 5.83. The fourth-order valence-corrected chi connectivity index (χ4v) is 3.05. The molecule has 0 atom stereocenters. The molecular weight excluding hydrogens is 368 g/mol. The molecule has 0 amide bonds. The van der Waals surface area contributed by atoms with Gasteiger partial charge in [0.15, 0.2) is 0 Å². The van der Waals surface area contributed by atoms with E-state index in [-0.39, 0.29) is 22.6 Å². The van der Waals surface area contributed by atoms with Crippen molar-refractivity contribution in [3.8, 4) is 0 Å². The number of nitrogens with one attached hydrogen (secondary N) is 1. The van der Waals surface area contributed by atoms with Crippen LogP contribution in [0.4, 0.5) is 0 Å². The molecule has 25 heavy (non-hydrogen) atoms. The summed E-state index contributed by atoms with van der Waals surface area (Å²) in [5.74, 6) is 0. The van der Waals surface area contributed by atoms with Crippen LogP contribution in [-0.2, 0) is 17.1 Å². The summed E-state index contributed by atoms with van der Waals surface area (Å²) in [4.78, 5) is 0. The first kappa shape index (κ1) is 23.2. The monoisotopic (exact) mass is 400 g/mol. The summed E-state index contributed by atoms with van der Waals surface area (Å²) in [5, 5.41) is 31.5. The maximum absolute atomic E-state index is 6.48. The molecule has 8 nitrogen and oxygen atoms in total. The van der Waals surface area contributed by atoms with Crippen molar-refractivity contribution in [1.82, 2.24) is 5.32 Å². The zero-order valence-corrected chi connectivity index (χ0v) is 16.2. The Hall–Kier alpha value is 0.199. The predicted octanol–water partition coefficient (Wildman–Crippen LogP) is 1.30. The van der Waals surface area contributed by atoms with Crippen molar-refractivity contribution in [2.24, 2.45) is 5.73 Å². The summed E-state index contributed by atoms with van der Waals surface area (Å²) in [7, 11) is 0. The van der Waals surface area contributed by atoms with Gasteiger partial charge in [-0.15, -0.1) is 39.3 Å². The Morgan fingerprint density at radius 1 is 0.680 bits per heavy atom. The molecule has 3 fully saturated rings. The summed E-state index contributed by atoms with van der Waals surface area (Å²) in [6.07, 6.45) is 0. The van der Waals surface area contributed by atoms with Crippen LogP contribution in [0.25, 0.3) is 31.9 Å². The second-order valence-electron chi connectivity index (χ2n) is 6.80. The van der Waals surface area contributed by atoms with E-state index in [1.165, 1.54) is 0 Å². The van der Waals surface area contributed by atoms with Crippen LogP contribution in [0, 0.1) is 0 Å². The van der Waals surface area contributed by atoms with E-state index in [0.717, 1.165) is 26.2 Å². The standard InChI is InChI=1S/C16H32N8.Cu/c1-2-24-16-12-21-6-3-18-9-15(17,10-19-4-7-22-13-16)11-20-5-8-23-14-16;/h24H,2-14,17H2,1H3;/q-6;/i;1+0. The Kier molecular flexibility index (Phi) is 11.7. The van der Waals surface area contributed by atoms with Gasteiger partial charge in [0, 0.05) is 17.1 Å². The van der Waals surface area contributed by atoms with Gasteiger partial charge in [-0.1, -0.05) is 6.92 Å². The van der Waals surface area contributed by atoms with Crippen LogP contribution in [0.15, 0.2) is 0 Å². The molecule has 3 rings (SSSR count). The second-order valence-corrected chi connectivity index (χ2v) is 6.80. The molecule has 0 unspecified atom stereocenters. The van der Waals surface area contributed by atoms with Gasteiger partial charge in [-0.05, 0) is 17.6 Å². The van der Waals surface area contributed by atoms with Crippen molar-refractivity contribution >= 4 is 0 Å². The molecule has 0 aliphatic carbocycles. The Bertz CT molecular complexity index is 301. The molecule has 0 aromatic carbocycles. The first-order chi connectivity index (χ1) is 11.7. The summed E-state index contributed by atoms with van der Waals surface area (Å²) in [6.45, 7) is 11.2. The smallest absolute Gasteiger partial charge is 0 e. The average molecular weight is 400 g/mol. The molecule has 0 spiro atoms. The van der Waals surface area contributed by atoms with Gasteiger partial charge in [-0.3, -0.25) is 0 Å². The summed E-state index contributed by atoms with van der Waals surface area (Å²) in [6, 6.07) is 0. The third-order valence-electron chi connectivity index (χ3n) is 4.32. The molecule has 2 bridgehead atoms. The first-order valence-electron chi connectivity index (χ1n) is 9.02. The van der Waals surface area contributed by atoms with Crippen molar-refractivity contribution in [3.63, 3.8) is 0 Å². The number of likely N-dealkylation sites (N-methyl/N-ethyl adjacent to an activating group) is 1. The molecular formula is C16H32CuN8-6. The van der Waals surface area contributed by atoms with E-state index in [9.17, 15) is 0 Å². The van der Waals surface area contributed by atoms with Gasteiger partial charge in [0.2, 0.25) is 0 Å². The van der Waals surface area contributed by atoms with Gasteiger partial charge >= 0.3 is 0 Å². The molecule has 0 aromatic heterocycles. The van der Waals surface area contributed by atoms with Crippen LogP contribution in [0.1, 0.15) is 6.92 Å². The van der Waals surface area contributed by atoms with E-state index in [2.05, 4.69) is 28.2 Å². The Balaban J connectivity index is 0.00000312. The van der Waals surface area contributed by atoms with Crippen LogP contribution in [0.3, 0.4) is 0 Å². The number of nitrogens with two attached hydrogens (primary N) is 1. The van der Waals surface area contributed by atoms with Gasteiger partial charge < -0.3 is 43.0 Å². The fraction of sp³-hybridized carbons (Fsp3) is 1.00. The zero-order valence-electron chi connectivity index (χ0n) is 15.3. The largest absolute Gasteiger partial charge is 0.662 e. The molecule has 3 heterocycles. The van der Waals surface area contributed by atoms with Gasteiger partial charge in [0.1, 0.15) is 0 Å². The topological polar surface area (TPSA) is 123 Å². The van der Waals surface area contributed by atoms with Gasteiger partial charge in [-0.25, -0.2) is 0 Å². The van der Waals surface area contributed by atoms with Crippen LogP contribution < -0.4 is 11.1 Å². The minimum atomic E-state index is -0.470. The van der Waals surface area contributed by atoms with Crippen molar-refractivity contribution in [3.05, 3.63) is 31.9 Å². The van der Waals surface area contributed by atoms with E-state index in [0.29, 0.717) is 58.9 Å².